The number of carbonyl (C=O) groups excluding carboxylic acids is 6. The van der Waals surface area contributed by atoms with Gasteiger partial charge in [-0.1, -0.05) is 89.3 Å². The molecular formula is C93H136N10O24. The van der Waals surface area contributed by atoms with E-state index in [0.29, 0.717) is 222 Å². The van der Waals surface area contributed by atoms with Gasteiger partial charge in [0.2, 0.25) is 11.7 Å². The molecule has 7 heterocycles. The number of methoxy groups -OCH3 is 3. The Morgan fingerprint density at radius 3 is 2.05 bits per heavy atom. The number of piperidine rings is 1. The van der Waals surface area contributed by atoms with E-state index in [2.05, 4.69) is 38.5 Å². The van der Waals surface area contributed by atoms with E-state index in [-0.39, 0.29) is 74.4 Å². The molecule has 127 heavy (non-hydrogen) atoms. The molecular weight excluding hydrogens is 1640 g/mol. The minimum atomic E-state index is -2.47. The number of aromatic nitrogens is 5. The minimum Gasteiger partial charge on any atom is -0.460 e. The zero-order chi connectivity index (χ0) is 90.9. The number of fused-ring (bicyclic) bond motifs is 6. The third kappa shape index (κ3) is 29.5. The second kappa shape index (κ2) is 51.1. The average Bonchev–Trinajstić information content (AvgIpc) is 1.71. The highest BCUT2D eigenvalue weighted by atomic mass is 16.6. The lowest BCUT2D eigenvalue weighted by Gasteiger charge is -2.43. The lowest BCUT2D eigenvalue weighted by atomic mass is 9.78. The number of aliphatic hydroxyl groups is 3. The van der Waals surface area contributed by atoms with Gasteiger partial charge in [-0.3, -0.25) is 19.2 Å². The van der Waals surface area contributed by atoms with Crippen LogP contribution in [0.2, 0.25) is 0 Å². The predicted octanol–water partition coefficient (Wildman–Crippen LogP) is 8.97. The number of carbonyl (C=O) groups is 6. The van der Waals surface area contributed by atoms with Crippen LogP contribution in [0.1, 0.15) is 149 Å². The van der Waals surface area contributed by atoms with Crippen molar-refractivity contribution in [1.29, 1.82) is 0 Å². The van der Waals surface area contributed by atoms with Crippen LogP contribution in [0.15, 0.2) is 94.7 Å². The highest BCUT2D eigenvalue weighted by Gasteiger charge is 2.53. The fraction of sp³-hybridized carbons (Fsp3) is 0.656. The molecule has 2 bridgehead atoms. The van der Waals surface area contributed by atoms with Crippen molar-refractivity contribution in [3.05, 3.63) is 107 Å². The maximum absolute atomic E-state index is 14.8. The quantitative estimate of drug-likeness (QED) is 0.00934. The number of nitrogens with two attached hydrogens (primary N) is 2. The molecule has 5 aromatic rings. The van der Waals surface area contributed by atoms with E-state index in [1.54, 1.807) is 47.1 Å². The van der Waals surface area contributed by atoms with Crippen molar-refractivity contribution in [2.45, 2.75) is 212 Å². The first-order valence-corrected chi connectivity index (χ1v) is 45.0. The van der Waals surface area contributed by atoms with Gasteiger partial charge in [-0.2, -0.15) is 10.1 Å². The van der Waals surface area contributed by atoms with Gasteiger partial charge in [0.1, 0.15) is 53.8 Å². The van der Waals surface area contributed by atoms with E-state index in [9.17, 15) is 44.1 Å². The first-order chi connectivity index (χ1) is 61.3. The Hall–Kier alpha value is -8.56. The molecule has 4 aliphatic heterocycles. The number of nitrogens with zero attached hydrogens (tertiary/aromatic N) is 7. The summed E-state index contributed by atoms with van der Waals surface area (Å²) < 4.78 is 88.5. The molecule has 3 fully saturated rings. The monoisotopic (exact) mass is 1780 g/mol. The van der Waals surface area contributed by atoms with Crippen LogP contribution in [0.4, 0.5) is 16.6 Å². The first-order valence-electron chi connectivity index (χ1n) is 45.0. The van der Waals surface area contributed by atoms with E-state index in [1.165, 1.54) is 23.9 Å². The fourth-order valence-corrected chi connectivity index (χ4v) is 17.3. The van der Waals surface area contributed by atoms with Gasteiger partial charge < -0.3 is 113 Å². The number of cyclic esters (lactones) is 1. The summed E-state index contributed by atoms with van der Waals surface area (Å²) in [5.41, 5.74) is 20.0. The van der Waals surface area contributed by atoms with E-state index < -0.39 is 102 Å². The number of esters is 1. The number of nitrogen functional groups attached to an aromatic ring is 2. The van der Waals surface area contributed by atoms with Gasteiger partial charge in [0.25, 0.3) is 17.7 Å². The predicted molar refractivity (Wildman–Crippen MR) is 471 cm³/mol. The number of ketones is 2. The Kier molecular flexibility index (Phi) is 40.5. The minimum absolute atomic E-state index is 0.00472. The molecule has 3 aromatic heterocycles. The van der Waals surface area contributed by atoms with Crippen LogP contribution in [-0.4, -0.2) is 293 Å². The summed E-state index contributed by atoms with van der Waals surface area (Å²) in [5.74, 6) is -7.56. The average molecular weight is 1780 g/mol. The highest BCUT2D eigenvalue weighted by molar-refractivity contribution is 6.39. The molecule has 0 unspecified atom stereocenters. The number of ether oxygens (including phenoxy) is 14. The van der Waals surface area contributed by atoms with Crippen LogP contribution in [0.5, 0.6) is 0 Å². The number of oxazole rings is 1. The Labute approximate surface area is 744 Å². The number of anilines is 2. The van der Waals surface area contributed by atoms with Crippen LogP contribution in [0.3, 0.4) is 0 Å². The summed E-state index contributed by atoms with van der Waals surface area (Å²) in [6.07, 6.45) is 11.4. The summed E-state index contributed by atoms with van der Waals surface area (Å²) in [5, 5.41) is 44.2. The van der Waals surface area contributed by atoms with Gasteiger partial charge in [-0.25, -0.2) is 24.2 Å². The first kappa shape index (κ1) is 101. The number of amides is 3. The van der Waals surface area contributed by atoms with Crippen LogP contribution < -0.4 is 16.8 Å². The lowest BCUT2D eigenvalue weighted by Crippen LogP contribution is -2.61. The molecule has 702 valence electrons. The van der Waals surface area contributed by atoms with Gasteiger partial charge in [0, 0.05) is 83.7 Å². The van der Waals surface area contributed by atoms with E-state index in [4.69, 9.17) is 87.3 Å². The normalized spacial score (nSPS) is 26.7. The SMILES string of the molecule is CO[C@H]1C[C@@H]2CC[C@@H](C)[C@@](O)(O2)C(=O)C(=O)N2CCCC[C@H]2C(=O)O[C@H]([C@H](C)C[C@@H]2CC[C@@H](OC(=O)NCCOCCOCCOCCOCCOCCOCCOCCOCCC(=O)N3CCc4cc(Cn5nc(-c6ccc7oc(N)nc7c6)c6c(N)ncnc65)ccc4C3)[C@H](OC)C2)C[C@@H](O)[C@H](C)/C=C(\C)[C@@H](O)[C@@H](OC)C(=O)[C@H](C)C[C@H](C)C=CC=CC=C1C. The molecule has 10 rings (SSSR count). The number of Topliss-reactive ketones (excluding diaryl/α,β-unsaturated/α-hetero) is 2. The van der Waals surface area contributed by atoms with Crippen LogP contribution >= 0.6 is 0 Å². The van der Waals surface area contributed by atoms with Crippen molar-refractivity contribution in [2.75, 3.05) is 158 Å². The van der Waals surface area contributed by atoms with E-state index in [0.717, 1.165) is 28.7 Å². The summed E-state index contributed by atoms with van der Waals surface area (Å²) in [6, 6.07) is 10.7. The second-order valence-electron chi connectivity index (χ2n) is 34.1. The van der Waals surface area contributed by atoms with Crippen LogP contribution in [-0.2, 0) is 110 Å². The number of nitrogens with one attached hydrogen (secondary N) is 1. The van der Waals surface area contributed by atoms with Crippen molar-refractivity contribution in [3.8, 4) is 11.3 Å². The molecule has 34 heteroatoms. The number of rotatable bonds is 37. The summed E-state index contributed by atoms with van der Waals surface area (Å²) >= 11 is 0. The van der Waals surface area contributed by atoms with Crippen molar-refractivity contribution >= 4 is 69.4 Å². The Balaban J connectivity index is 0.552. The van der Waals surface area contributed by atoms with Crippen LogP contribution in [0.25, 0.3) is 33.4 Å². The maximum atomic E-state index is 14.8. The Morgan fingerprint density at radius 1 is 0.701 bits per heavy atom. The molecule has 1 aliphatic carbocycles. The number of alkyl carbamates (subject to hydrolysis) is 1. The van der Waals surface area contributed by atoms with Crippen molar-refractivity contribution in [2.24, 2.45) is 35.5 Å². The standard InChI is InChI=1S/C93H136N10O24/c1-59-16-12-11-13-17-60(2)77(113-8)54-71-24-19-65(7)93(112,127-71)86(108)89(109)102-30-15-14-18-73(102)90(110)124-78(55-74(104)61(3)49-64(6)84(107)85(115-10)83(106)63(5)48-59)62(4)50-66-21-25-76(79(52-66)114-9)126-92(111)96-29-33-117-35-37-119-39-41-121-43-45-123-47-46-122-44-42-120-40-38-118-36-34-116-32-28-80(105)101-31-27-68-51-67(20-22-70(68)57-101)56-103-88-81(87(94)97-58-98-88)82(100-103)69-23-26-75-72(53-69)99-91(95)125-75/h11-13,16-17,20,22-23,26,49,51,53,58-59,61-63,65-66,71,73-74,76-79,84-85,104,107,112H,14-15,18-19,21,24-25,27-48,50,52,54-57H2,1-10H3,(H2,95,99)(H,96,111)(H2,94,97,98)/b13-11?,16-12?,60-17?,64-49+/t59-,61-,62-,63-,65-,66+,71+,73+,74-,76-,77+,78+,79-,84-,85+,93-/m1/s1. The lowest BCUT2D eigenvalue weighted by molar-refractivity contribution is -0.265. The third-order valence-corrected chi connectivity index (χ3v) is 24.7. The molecule has 34 nitrogen and oxygen atoms in total. The zero-order valence-electron chi connectivity index (χ0n) is 75.6. The Morgan fingerprint density at radius 2 is 1.38 bits per heavy atom. The van der Waals surface area contributed by atoms with Gasteiger partial charge in [-0.05, 0) is 148 Å². The molecule has 0 spiro atoms. The fourth-order valence-electron chi connectivity index (χ4n) is 17.3. The third-order valence-electron chi connectivity index (χ3n) is 24.7. The second-order valence-corrected chi connectivity index (χ2v) is 34.1. The number of hydrogen-bond acceptors (Lipinski definition) is 30. The summed E-state index contributed by atoms with van der Waals surface area (Å²) in [4.78, 5) is 100. The molecule has 2 saturated heterocycles. The van der Waals surface area contributed by atoms with Gasteiger partial charge in [0.05, 0.1) is 148 Å². The number of benzene rings is 2. The van der Waals surface area contributed by atoms with Gasteiger partial charge in [-0.15, -0.1) is 0 Å². The zero-order valence-corrected chi connectivity index (χ0v) is 75.6. The van der Waals surface area contributed by atoms with Crippen molar-refractivity contribution in [3.63, 3.8) is 0 Å². The number of allylic oxidation sites excluding steroid dienone is 5. The summed E-state index contributed by atoms with van der Waals surface area (Å²) in [6.45, 7) is 20.5. The molecule has 5 aliphatic rings. The highest BCUT2D eigenvalue weighted by Crippen LogP contribution is 2.40. The molecule has 1 saturated carbocycles. The van der Waals surface area contributed by atoms with Crippen LogP contribution in [0, 0.1) is 35.5 Å². The smallest absolute Gasteiger partial charge is 0.407 e. The van der Waals surface area contributed by atoms with Gasteiger partial charge >= 0.3 is 12.1 Å². The van der Waals surface area contributed by atoms with Gasteiger partial charge in [0.15, 0.2) is 17.0 Å². The molecule has 2 aromatic carbocycles. The number of hydrogen-bond donors (Lipinski definition) is 6. The summed E-state index contributed by atoms with van der Waals surface area (Å²) in [7, 11) is 4.52. The molecule has 0 radical (unpaired) electrons. The van der Waals surface area contributed by atoms with E-state index >= 15 is 0 Å². The molecule has 8 N–H and O–H groups in total. The van der Waals surface area contributed by atoms with Crippen molar-refractivity contribution in [1.82, 2.24) is 39.8 Å². The topological polar surface area (TPSA) is 433 Å². The Bertz CT molecular complexity index is 4460. The largest absolute Gasteiger partial charge is 0.460 e. The van der Waals surface area contributed by atoms with Crippen molar-refractivity contribution < 1.29 is 115 Å². The molecule has 16 atom stereocenters. The maximum Gasteiger partial charge on any atom is 0.407 e. The molecule has 3 amide bonds. The number of aliphatic hydroxyl groups excluding tert-OH is 2. The van der Waals surface area contributed by atoms with E-state index in [1.807, 2.05) is 79.8 Å².